The smallest absolute Gasteiger partial charge is 0.225 e. The van der Waals surface area contributed by atoms with Gasteiger partial charge in [-0.1, -0.05) is 12.1 Å². The van der Waals surface area contributed by atoms with E-state index in [9.17, 15) is 0 Å². The standard InChI is InChI=1S/C20H26N8/c1-25(2)18-5-3-17(4-6-18)19-7-8-22-20(24-19)27-12-9-26(10-13-27)11-14-28-16-21-15-23-28/h3-8,15-16H,9-14H2,1-2H3. The summed E-state index contributed by atoms with van der Waals surface area (Å²) in [7, 11) is 4.09. The number of anilines is 2. The van der Waals surface area contributed by atoms with Gasteiger partial charge in [0.1, 0.15) is 12.7 Å². The Labute approximate surface area is 165 Å². The van der Waals surface area contributed by atoms with Crippen molar-refractivity contribution in [2.24, 2.45) is 0 Å². The van der Waals surface area contributed by atoms with E-state index < -0.39 is 0 Å². The fraction of sp³-hybridized carbons (Fsp3) is 0.400. The van der Waals surface area contributed by atoms with Crippen molar-refractivity contribution < 1.29 is 0 Å². The lowest BCUT2D eigenvalue weighted by atomic mass is 10.1. The van der Waals surface area contributed by atoms with E-state index in [2.05, 4.69) is 54.0 Å². The van der Waals surface area contributed by atoms with Crippen molar-refractivity contribution in [2.75, 3.05) is 56.6 Å². The molecule has 0 atom stereocenters. The molecule has 2 aromatic heterocycles. The Bertz CT molecular complexity index is 867. The van der Waals surface area contributed by atoms with Gasteiger partial charge in [0.2, 0.25) is 5.95 Å². The van der Waals surface area contributed by atoms with Crippen molar-refractivity contribution in [1.82, 2.24) is 29.6 Å². The lowest BCUT2D eigenvalue weighted by Crippen LogP contribution is -2.47. The molecule has 1 aromatic carbocycles. The van der Waals surface area contributed by atoms with E-state index in [0.717, 1.165) is 56.5 Å². The van der Waals surface area contributed by atoms with E-state index in [4.69, 9.17) is 4.98 Å². The SMILES string of the molecule is CN(C)c1ccc(-c2ccnc(N3CCN(CCn4cncn4)CC3)n2)cc1. The van der Waals surface area contributed by atoms with Crippen molar-refractivity contribution in [2.45, 2.75) is 6.54 Å². The van der Waals surface area contributed by atoms with Crippen LogP contribution in [-0.2, 0) is 6.54 Å². The van der Waals surface area contributed by atoms with Crippen LogP contribution in [0.5, 0.6) is 0 Å². The van der Waals surface area contributed by atoms with Crippen LogP contribution in [0.25, 0.3) is 11.3 Å². The average Bonchev–Trinajstić information content (AvgIpc) is 3.26. The largest absolute Gasteiger partial charge is 0.378 e. The Morgan fingerprint density at radius 3 is 2.43 bits per heavy atom. The molecule has 0 spiro atoms. The highest BCUT2D eigenvalue weighted by Gasteiger charge is 2.19. The van der Waals surface area contributed by atoms with Crippen molar-refractivity contribution in [3.63, 3.8) is 0 Å². The molecule has 0 aliphatic carbocycles. The van der Waals surface area contributed by atoms with Crippen molar-refractivity contribution in [3.8, 4) is 11.3 Å². The maximum Gasteiger partial charge on any atom is 0.225 e. The van der Waals surface area contributed by atoms with Crippen LogP contribution in [0.1, 0.15) is 0 Å². The number of hydrogen-bond acceptors (Lipinski definition) is 7. The van der Waals surface area contributed by atoms with Gasteiger partial charge >= 0.3 is 0 Å². The summed E-state index contributed by atoms with van der Waals surface area (Å²) in [5.41, 5.74) is 3.25. The maximum absolute atomic E-state index is 4.81. The first-order chi connectivity index (χ1) is 13.7. The molecule has 3 aromatic rings. The normalized spacial score (nSPS) is 15.0. The molecular formula is C20H26N8. The second kappa shape index (κ2) is 8.35. The highest BCUT2D eigenvalue weighted by Crippen LogP contribution is 2.22. The molecule has 0 N–H and O–H groups in total. The van der Waals surface area contributed by atoms with Gasteiger partial charge in [0.25, 0.3) is 0 Å². The molecule has 1 aliphatic heterocycles. The average molecular weight is 378 g/mol. The molecule has 8 nitrogen and oxygen atoms in total. The van der Waals surface area contributed by atoms with Crippen LogP contribution in [0.3, 0.4) is 0 Å². The van der Waals surface area contributed by atoms with Crippen molar-refractivity contribution >= 4 is 11.6 Å². The van der Waals surface area contributed by atoms with Crippen LogP contribution in [0.4, 0.5) is 11.6 Å². The van der Waals surface area contributed by atoms with Crippen LogP contribution < -0.4 is 9.80 Å². The zero-order valence-corrected chi connectivity index (χ0v) is 16.4. The molecule has 1 fully saturated rings. The molecule has 0 radical (unpaired) electrons. The highest BCUT2D eigenvalue weighted by molar-refractivity contribution is 5.63. The minimum absolute atomic E-state index is 0.810. The third kappa shape index (κ3) is 4.28. The molecule has 0 unspecified atom stereocenters. The molecule has 4 rings (SSSR count). The van der Waals surface area contributed by atoms with Crippen LogP contribution in [0, 0.1) is 0 Å². The summed E-state index contributed by atoms with van der Waals surface area (Å²) >= 11 is 0. The maximum atomic E-state index is 4.81. The Hall–Kier alpha value is -3.00. The quantitative estimate of drug-likeness (QED) is 0.646. The second-order valence-corrected chi connectivity index (χ2v) is 7.17. The summed E-state index contributed by atoms with van der Waals surface area (Å²) in [6, 6.07) is 10.4. The van der Waals surface area contributed by atoms with Gasteiger partial charge in [0, 0.05) is 64.3 Å². The lowest BCUT2D eigenvalue weighted by molar-refractivity contribution is 0.243. The Morgan fingerprint density at radius 2 is 1.75 bits per heavy atom. The van der Waals surface area contributed by atoms with E-state index in [1.54, 1.807) is 12.7 Å². The number of hydrogen-bond donors (Lipinski definition) is 0. The zero-order chi connectivity index (χ0) is 19.3. The molecule has 1 saturated heterocycles. The first-order valence-corrected chi connectivity index (χ1v) is 9.59. The molecule has 28 heavy (non-hydrogen) atoms. The monoisotopic (exact) mass is 378 g/mol. The summed E-state index contributed by atoms with van der Waals surface area (Å²) in [4.78, 5) is 20.1. The van der Waals surface area contributed by atoms with Gasteiger partial charge in [-0.15, -0.1) is 0 Å². The van der Waals surface area contributed by atoms with Gasteiger partial charge < -0.3 is 9.80 Å². The van der Waals surface area contributed by atoms with Crippen LogP contribution in [0.15, 0.2) is 49.2 Å². The molecular weight excluding hydrogens is 352 g/mol. The number of benzene rings is 1. The fourth-order valence-corrected chi connectivity index (χ4v) is 3.36. The van der Waals surface area contributed by atoms with Gasteiger partial charge in [-0.2, -0.15) is 5.10 Å². The van der Waals surface area contributed by atoms with Gasteiger partial charge in [0.15, 0.2) is 0 Å². The molecule has 8 heteroatoms. The van der Waals surface area contributed by atoms with Gasteiger partial charge in [0.05, 0.1) is 12.2 Å². The molecule has 3 heterocycles. The second-order valence-electron chi connectivity index (χ2n) is 7.17. The molecule has 1 aliphatic rings. The molecule has 0 saturated carbocycles. The number of piperazine rings is 1. The molecule has 0 amide bonds. The highest BCUT2D eigenvalue weighted by atomic mass is 15.3. The minimum Gasteiger partial charge on any atom is -0.378 e. The third-order valence-electron chi connectivity index (χ3n) is 5.09. The summed E-state index contributed by atoms with van der Waals surface area (Å²) < 4.78 is 1.88. The fourth-order valence-electron chi connectivity index (χ4n) is 3.36. The van der Waals surface area contributed by atoms with Crippen molar-refractivity contribution in [1.29, 1.82) is 0 Å². The number of aromatic nitrogens is 5. The van der Waals surface area contributed by atoms with E-state index in [1.807, 2.05) is 31.0 Å². The van der Waals surface area contributed by atoms with E-state index in [-0.39, 0.29) is 0 Å². The summed E-state index contributed by atoms with van der Waals surface area (Å²) in [5, 5.41) is 4.16. The van der Waals surface area contributed by atoms with Crippen molar-refractivity contribution in [3.05, 3.63) is 49.2 Å². The summed E-state index contributed by atoms with van der Waals surface area (Å²) in [6.07, 6.45) is 5.20. The first-order valence-electron chi connectivity index (χ1n) is 9.59. The lowest BCUT2D eigenvalue weighted by Gasteiger charge is -2.34. The van der Waals surface area contributed by atoms with E-state index in [1.165, 1.54) is 5.69 Å². The number of rotatable bonds is 6. The van der Waals surface area contributed by atoms with E-state index >= 15 is 0 Å². The summed E-state index contributed by atoms with van der Waals surface area (Å²) in [5.74, 6) is 0.810. The summed E-state index contributed by atoms with van der Waals surface area (Å²) in [6.45, 7) is 5.71. The predicted molar refractivity (Wildman–Crippen MR) is 110 cm³/mol. The minimum atomic E-state index is 0.810. The van der Waals surface area contributed by atoms with Gasteiger partial charge in [-0.25, -0.2) is 15.0 Å². The molecule has 0 bridgehead atoms. The zero-order valence-electron chi connectivity index (χ0n) is 16.4. The Balaban J connectivity index is 1.37. The van der Waals surface area contributed by atoms with Crippen LogP contribution in [0.2, 0.25) is 0 Å². The number of nitrogens with zero attached hydrogens (tertiary/aromatic N) is 8. The van der Waals surface area contributed by atoms with E-state index in [0.29, 0.717) is 0 Å². The Kier molecular flexibility index (Phi) is 5.48. The van der Waals surface area contributed by atoms with Crippen LogP contribution in [-0.4, -0.2) is 76.5 Å². The third-order valence-corrected chi connectivity index (χ3v) is 5.09. The Morgan fingerprint density at radius 1 is 0.964 bits per heavy atom. The van der Waals surface area contributed by atoms with Crippen LogP contribution >= 0.6 is 0 Å². The molecule has 146 valence electrons. The van der Waals surface area contributed by atoms with Gasteiger partial charge in [-0.3, -0.25) is 9.58 Å². The van der Waals surface area contributed by atoms with Gasteiger partial charge in [-0.05, 0) is 18.2 Å². The first kappa shape index (κ1) is 18.4. The topological polar surface area (TPSA) is 66.2 Å². The predicted octanol–water partition coefficient (Wildman–Crippen LogP) is 1.62.